The van der Waals surface area contributed by atoms with Crippen LogP contribution in [0.2, 0.25) is 5.02 Å². The highest BCUT2D eigenvalue weighted by atomic mass is 35.5. The highest BCUT2D eigenvalue weighted by Crippen LogP contribution is 2.49. The third-order valence-corrected chi connectivity index (χ3v) is 7.32. The van der Waals surface area contributed by atoms with Crippen LogP contribution in [0.15, 0.2) is 126 Å². The summed E-state index contributed by atoms with van der Waals surface area (Å²) in [6.45, 7) is 2.02. The molecular formula is C31H24ClNOS. The normalized spacial score (nSPS) is 14.6. The number of anilines is 1. The number of benzene rings is 4. The molecule has 0 spiro atoms. The van der Waals surface area contributed by atoms with Gasteiger partial charge in [0.25, 0.3) is 0 Å². The van der Waals surface area contributed by atoms with Crippen LogP contribution in [0.25, 0.3) is 4.91 Å². The minimum atomic E-state index is -0.00594. The molecule has 0 aliphatic carbocycles. The van der Waals surface area contributed by atoms with Gasteiger partial charge in [-0.2, -0.15) is 0 Å². The number of nitrogens with zero attached hydrogens (tertiary/aromatic N) is 1. The number of hydrogen-bond acceptors (Lipinski definition) is 3. The summed E-state index contributed by atoms with van der Waals surface area (Å²) in [5.74, 6) is -0.00594. The zero-order valence-corrected chi connectivity index (χ0v) is 20.9. The number of carbonyl (C=O) groups is 1. The molecule has 2 nitrogen and oxygen atoms in total. The van der Waals surface area contributed by atoms with Gasteiger partial charge in [-0.05, 0) is 42.3 Å². The van der Waals surface area contributed by atoms with Crippen molar-refractivity contribution in [3.63, 3.8) is 0 Å². The molecule has 0 aromatic heterocycles. The van der Waals surface area contributed by atoms with E-state index in [1.54, 1.807) is 17.8 Å². The Kier molecular flexibility index (Phi) is 6.89. The largest absolute Gasteiger partial charge is 0.307 e. The molecule has 4 heteroatoms. The third kappa shape index (κ3) is 5.27. The summed E-state index contributed by atoms with van der Waals surface area (Å²) in [5, 5.41) is 1.61. The van der Waals surface area contributed by atoms with Crippen molar-refractivity contribution in [3.05, 3.63) is 153 Å². The first-order valence-corrected chi connectivity index (χ1v) is 12.7. The first-order valence-electron chi connectivity index (χ1n) is 11.5. The van der Waals surface area contributed by atoms with Gasteiger partial charge in [0, 0.05) is 39.4 Å². The number of rotatable bonds is 6. The highest BCUT2D eigenvalue weighted by molar-refractivity contribution is 8.12. The van der Waals surface area contributed by atoms with Crippen LogP contribution in [-0.4, -0.2) is 5.78 Å². The number of hydrogen-bond donors (Lipinski definition) is 0. The summed E-state index contributed by atoms with van der Waals surface area (Å²) >= 11 is 7.80. The number of carbonyl (C=O) groups excluding carboxylic acids is 1. The van der Waals surface area contributed by atoms with E-state index in [1.165, 1.54) is 0 Å². The van der Waals surface area contributed by atoms with Gasteiger partial charge in [0.05, 0.1) is 5.03 Å². The SMILES string of the molecule is Cc1ccc(C(=O)/C=C2\SC(c3ccccc3)=C(Cc3ccc(Cl)cc3)N2c2ccccc2)cc1. The maximum Gasteiger partial charge on any atom is 0.188 e. The van der Waals surface area contributed by atoms with E-state index in [0.717, 1.165) is 43.0 Å². The predicted molar refractivity (Wildman–Crippen MR) is 149 cm³/mol. The second-order valence-electron chi connectivity index (χ2n) is 8.43. The van der Waals surface area contributed by atoms with Crippen molar-refractivity contribution in [2.24, 2.45) is 0 Å². The quantitative estimate of drug-likeness (QED) is 0.198. The molecule has 0 saturated heterocycles. The van der Waals surface area contributed by atoms with E-state index < -0.39 is 0 Å². The van der Waals surface area contributed by atoms with Crippen molar-refractivity contribution < 1.29 is 4.79 Å². The van der Waals surface area contributed by atoms with Gasteiger partial charge in [-0.1, -0.05) is 114 Å². The maximum absolute atomic E-state index is 13.3. The van der Waals surface area contributed by atoms with Crippen LogP contribution < -0.4 is 4.90 Å². The van der Waals surface area contributed by atoms with Crippen LogP contribution in [0.1, 0.15) is 27.0 Å². The van der Waals surface area contributed by atoms with Crippen LogP contribution in [0, 0.1) is 6.92 Å². The summed E-state index contributed by atoms with van der Waals surface area (Å²) < 4.78 is 0. The second kappa shape index (κ2) is 10.4. The first kappa shape index (κ1) is 23.2. The monoisotopic (exact) mass is 493 g/mol. The maximum atomic E-state index is 13.3. The van der Waals surface area contributed by atoms with Crippen molar-refractivity contribution in [2.75, 3.05) is 4.90 Å². The third-order valence-electron chi connectivity index (χ3n) is 5.88. The Labute approximate surface area is 215 Å². The Morgan fingerprint density at radius 1 is 0.829 bits per heavy atom. The first-order chi connectivity index (χ1) is 17.1. The lowest BCUT2D eigenvalue weighted by molar-refractivity contribution is 0.104. The lowest BCUT2D eigenvalue weighted by Gasteiger charge is -2.24. The Morgan fingerprint density at radius 2 is 1.46 bits per heavy atom. The predicted octanol–water partition coefficient (Wildman–Crippen LogP) is 8.54. The van der Waals surface area contributed by atoms with E-state index in [4.69, 9.17) is 11.6 Å². The smallest absolute Gasteiger partial charge is 0.188 e. The summed E-state index contributed by atoms with van der Waals surface area (Å²) in [6.07, 6.45) is 2.47. The molecule has 0 atom stereocenters. The van der Waals surface area contributed by atoms with Crippen LogP contribution >= 0.6 is 23.4 Å². The molecule has 4 aromatic carbocycles. The number of aryl methyl sites for hydroxylation is 1. The molecule has 1 aliphatic rings. The average Bonchev–Trinajstić information content (AvgIpc) is 3.24. The summed E-state index contributed by atoms with van der Waals surface area (Å²) in [4.78, 5) is 16.6. The van der Waals surface area contributed by atoms with E-state index in [-0.39, 0.29) is 5.78 Å². The van der Waals surface area contributed by atoms with Crippen LogP contribution in [0.4, 0.5) is 5.69 Å². The molecule has 1 heterocycles. The van der Waals surface area contributed by atoms with E-state index in [2.05, 4.69) is 53.4 Å². The zero-order chi connectivity index (χ0) is 24.2. The molecule has 0 saturated carbocycles. The molecule has 35 heavy (non-hydrogen) atoms. The van der Waals surface area contributed by atoms with E-state index in [0.29, 0.717) is 12.0 Å². The Hall–Kier alpha value is -3.53. The molecule has 0 N–H and O–H groups in total. The Morgan fingerprint density at radius 3 is 2.11 bits per heavy atom. The van der Waals surface area contributed by atoms with Crippen molar-refractivity contribution in [2.45, 2.75) is 13.3 Å². The van der Waals surface area contributed by atoms with Gasteiger partial charge >= 0.3 is 0 Å². The number of thioether (sulfide) groups is 1. The average molecular weight is 494 g/mol. The number of halogens is 1. The van der Waals surface area contributed by atoms with Gasteiger partial charge in [0.15, 0.2) is 5.78 Å². The van der Waals surface area contributed by atoms with Gasteiger partial charge in [0.1, 0.15) is 0 Å². The molecule has 0 bridgehead atoms. The molecule has 1 aliphatic heterocycles. The van der Waals surface area contributed by atoms with Gasteiger partial charge in [-0.15, -0.1) is 0 Å². The molecule has 4 aromatic rings. The van der Waals surface area contributed by atoms with Gasteiger partial charge < -0.3 is 4.90 Å². The van der Waals surface area contributed by atoms with E-state index in [1.807, 2.05) is 67.6 Å². The highest BCUT2D eigenvalue weighted by Gasteiger charge is 2.31. The summed E-state index contributed by atoms with van der Waals surface area (Å²) in [5.41, 5.74) is 6.27. The fourth-order valence-corrected chi connectivity index (χ4v) is 5.42. The lowest BCUT2D eigenvalue weighted by atomic mass is 10.1. The second-order valence-corrected chi connectivity index (χ2v) is 9.90. The Bertz CT molecular complexity index is 1390. The van der Waals surface area contributed by atoms with Crippen LogP contribution in [0.5, 0.6) is 0 Å². The van der Waals surface area contributed by atoms with Crippen molar-refractivity contribution in [1.29, 1.82) is 0 Å². The van der Waals surface area contributed by atoms with Crippen molar-refractivity contribution in [1.82, 2.24) is 0 Å². The molecule has 172 valence electrons. The topological polar surface area (TPSA) is 20.3 Å². The molecule has 0 unspecified atom stereocenters. The zero-order valence-electron chi connectivity index (χ0n) is 19.3. The van der Waals surface area contributed by atoms with E-state index >= 15 is 0 Å². The van der Waals surface area contributed by atoms with E-state index in [9.17, 15) is 4.79 Å². The molecule has 0 fully saturated rings. The molecule has 5 rings (SSSR count). The fourth-order valence-electron chi connectivity index (χ4n) is 4.08. The lowest BCUT2D eigenvalue weighted by Crippen LogP contribution is -2.19. The van der Waals surface area contributed by atoms with Crippen molar-refractivity contribution in [3.8, 4) is 0 Å². The minimum absolute atomic E-state index is 0.00594. The fraction of sp³-hybridized carbons (Fsp3) is 0.0645. The molecular weight excluding hydrogens is 470 g/mol. The van der Waals surface area contributed by atoms with Gasteiger partial charge in [0.2, 0.25) is 0 Å². The number of ketones is 1. The van der Waals surface area contributed by atoms with Gasteiger partial charge in [-0.25, -0.2) is 0 Å². The summed E-state index contributed by atoms with van der Waals surface area (Å²) in [6, 6.07) is 36.3. The van der Waals surface area contributed by atoms with Crippen LogP contribution in [-0.2, 0) is 6.42 Å². The minimum Gasteiger partial charge on any atom is -0.307 e. The number of para-hydroxylation sites is 1. The number of allylic oxidation sites excluding steroid dienone is 2. The standard InChI is InChI=1S/C31H24ClNOS/c1-22-12-16-24(17-13-22)29(34)21-30-33(27-10-6-3-7-11-27)28(20-23-14-18-26(32)19-15-23)31(35-30)25-8-4-2-5-9-25/h2-19,21H,20H2,1H3/b30-21-. The van der Waals surface area contributed by atoms with Crippen molar-refractivity contribution >= 4 is 39.7 Å². The molecule has 0 radical (unpaired) electrons. The molecule has 0 amide bonds. The van der Waals surface area contributed by atoms with Crippen LogP contribution in [0.3, 0.4) is 0 Å². The van der Waals surface area contributed by atoms with Gasteiger partial charge in [-0.3, -0.25) is 4.79 Å². The Balaban J connectivity index is 1.63. The summed E-state index contributed by atoms with van der Waals surface area (Å²) in [7, 11) is 0.